The van der Waals surface area contributed by atoms with Gasteiger partial charge in [-0.15, -0.1) is 6.58 Å². The van der Waals surface area contributed by atoms with Crippen molar-refractivity contribution in [2.24, 2.45) is 0 Å². The summed E-state index contributed by atoms with van der Waals surface area (Å²) in [4.78, 5) is 11.3. The maximum Gasteiger partial charge on any atom is 0.309 e. The van der Waals surface area contributed by atoms with Crippen molar-refractivity contribution in [3.63, 3.8) is 0 Å². The molecule has 1 aromatic rings. The maximum absolute atomic E-state index is 11.3. The second-order valence-electron chi connectivity index (χ2n) is 4.79. The number of hydrogen-bond acceptors (Lipinski definition) is 4. The third-order valence-electron chi connectivity index (χ3n) is 3.50. The molecular weight excluding hydrogens is 244 g/mol. The van der Waals surface area contributed by atoms with E-state index in [0.29, 0.717) is 13.0 Å². The van der Waals surface area contributed by atoms with Crippen LogP contribution in [-0.2, 0) is 25.6 Å². The Hall–Kier alpha value is -1.65. The van der Waals surface area contributed by atoms with Gasteiger partial charge < -0.3 is 14.2 Å². The number of carbonyl (C=O) groups is 1. The fraction of sp³-hybridized carbons (Fsp3) is 0.400. The first-order valence-corrected chi connectivity index (χ1v) is 6.41. The Morgan fingerprint density at radius 1 is 1.37 bits per heavy atom. The summed E-state index contributed by atoms with van der Waals surface area (Å²) in [6, 6.07) is 9.89. The van der Waals surface area contributed by atoms with Crippen LogP contribution in [0.5, 0.6) is 0 Å². The van der Waals surface area contributed by atoms with Crippen molar-refractivity contribution < 1.29 is 19.0 Å². The van der Waals surface area contributed by atoms with Gasteiger partial charge in [-0.3, -0.25) is 4.79 Å². The van der Waals surface area contributed by atoms with E-state index in [9.17, 15) is 4.79 Å². The van der Waals surface area contributed by atoms with E-state index in [-0.39, 0.29) is 30.4 Å². The topological polar surface area (TPSA) is 44.8 Å². The van der Waals surface area contributed by atoms with Crippen molar-refractivity contribution >= 4 is 5.97 Å². The molecule has 0 spiro atoms. The quantitative estimate of drug-likeness (QED) is 0.612. The van der Waals surface area contributed by atoms with Crippen LogP contribution in [0.15, 0.2) is 43.0 Å². The molecule has 0 aliphatic carbocycles. The number of esters is 1. The van der Waals surface area contributed by atoms with Crippen molar-refractivity contribution in [1.29, 1.82) is 0 Å². The van der Waals surface area contributed by atoms with Crippen LogP contribution in [0.2, 0.25) is 0 Å². The maximum atomic E-state index is 11.3. The van der Waals surface area contributed by atoms with Crippen molar-refractivity contribution in [3.8, 4) is 0 Å². The predicted octanol–water partition coefficient (Wildman–Crippen LogP) is 1.84. The van der Waals surface area contributed by atoms with Gasteiger partial charge in [0.05, 0.1) is 13.0 Å². The summed E-state index contributed by atoms with van der Waals surface area (Å²) in [6.45, 7) is 4.22. The van der Waals surface area contributed by atoms with Crippen LogP contribution < -0.4 is 0 Å². The zero-order chi connectivity index (χ0) is 13.2. The Labute approximate surface area is 112 Å². The molecule has 2 heterocycles. The molecule has 2 fully saturated rings. The largest absolute Gasteiger partial charge is 0.457 e. The van der Waals surface area contributed by atoms with Crippen molar-refractivity contribution in [2.75, 3.05) is 0 Å². The molecule has 0 radical (unpaired) electrons. The van der Waals surface area contributed by atoms with Gasteiger partial charge in [-0.2, -0.15) is 0 Å². The van der Waals surface area contributed by atoms with Crippen LogP contribution >= 0.6 is 0 Å². The summed E-state index contributed by atoms with van der Waals surface area (Å²) >= 11 is 0. The van der Waals surface area contributed by atoms with Crippen LogP contribution in [0, 0.1) is 0 Å². The number of rotatable bonds is 4. The number of benzene rings is 1. The first kappa shape index (κ1) is 12.4. The Bertz CT molecular complexity index is 470. The first-order valence-electron chi connectivity index (χ1n) is 6.41. The summed E-state index contributed by atoms with van der Waals surface area (Å²) in [7, 11) is 0. The van der Waals surface area contributed by atoms with E-state index in [2.05, 4.69) is 6.58 Å². The second-order valence-corrected chi connectivity index (χ2v) is 4.79. The molecule has 2 aliphatic rings. The zero-order valence-corrected chi connectivity index (χ0v) is 10.5. The van der Waals surface area contributed by atoms with Gasteiger partial charge in [-0.05, 0) is 5.56 Å². The average molecular weight is 260 g/mol. The molecule has 2 saturated heterocycles. The second kappa shape index (κ2) is 5.15. The van der Waals surface area contributed by atoms with E-state index >= 15 is 0 Å². The molecule has 0 N–H and O–H groups in total. The monoisotopic (exact) mass is 260 g/mol. The smallest absolute Gasteiger partial charge is 0.309 e. The molecule has 0 amide bonds. The van der Waals surface area contributed by atoms with E-state index < -0.39 is 0 Å². The number of ether oxygens (including phenoxy) is 3. The molecule has 0 unspecified atom stereocenters. The molecule has 0 bridgehead atoms. The van der Waals surface area contributed by atoms with E-state index in [4.69, 9.17) is 14.2 Å². The van der Waals surface area contributed by atoms with Gasteiger partial charge in [0.25, 0.3) is 0 Å². The van der Waals surface area contributed by atoms with E-state index in [0.717, 1.165) is 5.56 Å². The minimum atomic E-state index is -0.306. The molecule has 100 valence electrons. The van der Waals surface area contributed by atoms with E-state index in [1.54, 1.807) is 6.08 Å². The van der Waals surface area contributed by atoms with E-state index in [1.165, 1.54) is 0 Å². The van der Waals surface area contributed by atoms with E-state index in [1.807, 2.05) is 30.3 Å². The van der Waals surface area contributed by atoms with Crippen molar-refractivity contribution in [1.82, 2.24) is 0 Å². The average Bonchev–Trinajstić information content (AvgIpc) is 2.93. The lowest BCUT2D eigenvalue weighted by Gasteiger charge is -2.20. The standard InChI is InChI=1S/C15H16O4/c1-2-11-14(15-12(18-11)8-13(16)19-15)17-9-10-6-4-3-5-7-10/h2-7,11-12,14-15H,1,8-9H2/t11-,12-,14+,15+/m0/s1. The predicted molar refractivity (Wildman–Crippen MR) is 68.4 cm³/mol. The summed E-state index contributed by atoms with van der Waals surface area (Å²) in [5.74, 6) is -0.217. The first-order chi connectivity index (χ1) is 9.28. The van der Waals surface area contributed by atoms with Crippen LogP contribution in [0.3, 0.4) is 0 Å². The van der Waals surface area contributed by atoms with Crippen molar-refractivity contribution in [2.45, 2.75) is 37.4 Å². The number of fused-ring (bicyclic) bond motifs is 1. The zero-order valence-electron chi connectivity index (χ0n) is 10.5. The van der Waals surface area contributed by atoms with Gasteiger partial charge in [-0.1, -0.05) is 36.4 Å². The lowest BCUT2D eigenvalue weighted by molar-refractivity contribution is -0.147. The molecule has 3 rings (SSSR count). The van der Waals surface area contributed by atoms with Crippen LogP contribution in [0.1, 0.15) is 12.0 Å². The van der Waals surface area contributed by atoms with Gasteiger partial charge in [0, 0.05) is 0 Å². The molecule has 4 atom stereocenters. The highest BCUT2D eigenvalue weighted by Gasteiger charge is 2.51. The Morgan fingerprint density at radius 2 is 2.16 bits per heavy atom. The lowest BCUT2D eigenvalue weighted by Crippen LogP contribution is -2.34. The summed E-state index contributed by atoms with van der Waals surface area (Å²) < 4.78 is 16.9. The number of hydrogen-bond donors (Lipinski definition) is 0. The highest BCUT2D eigenvalue weighted by Crippen LogP contribution is 2.34. The van der Waals surface area contributed by atoms with Gasteiger partial charge in [0.15, 0.2) is 6.10 Å². The summed E-state index contributed by atoms with van der Waals surface area (Å²) in [5.41, 5.74) is 1.08. The van der Waals surface area contributed by atoms with Crippen molar-refractivity contribution in [3.05, 3.63) is 48.6 Å². The fourth-order valence-corrected chi connectivity index (χ4v) is 2.57. The minimum absolute atomic E-state index is 0.198. The van der Waals surface area contributed by atoms with Gasteiger partial charge >= 0.3 is 5.97 Å². The van der Waals surface area contributed by atoms with Gasteiger partial charge in [0.2, 0.25) is 0 Å². The normalized spacial score (nSPS) is 32.9. The minimum Gasteiger partial charge on any atom is -0.457 e. The third kappa shape index (κ3) is 2.41. The lowest BCUT2D eigenvalue weighted by atomic mass is 10.1. The molecule has 4 nitrogen and oxygen atoms in total. The molecule has 0 aromatic heterocycles. The number of carbonyl (C=O) groups excluding carboxylic acids is 1. The van der Waals surface area contributed by atoms with Crippen LogP contribution in [-0.4, -0.2) is 30.4 Å². The van der Waals surface area contributed by atoms with Crippen LogP contribution in [0.4, 0.5) is 0 Å². The molecule has 0 saturated carbocycles. The van der Waals surface area contributed by atoms with Gasteiger partial charge in [-0.25, -0.2) is 0 Å². The highest BCUT2D eigenvalue weighted by molar-refractivity contribution is 5.73. The SMILES string of the molecule is C=C[C@@H]1O[C@H]2CC(=O)O[C@H]2[C@@H]1OCc1ccccc1. The highest BCUT2D eigenvalue weighted by atomic mass is 16.6. The Kier molecular flexibility index (Phi) is 3.36. The summed E-state index contributed by atoms with van der Waals surface area (Å²) in [6.07, 6.45) is 1.03. The Balaban J connectivity index is 1.67. The molecule has 1 aromatic carbocycles. The molecular formula is C15H16O4. The molecule has 4 heteroatoms. The molecule has 19 heavy (non-hydrogen) atoms. The van der Waals surface area contributed by atoms with Crippen LogP contribution in [0.25, 0.3) is 0 Å². The molecule has 2 aliphatic heterocycles. The fourth-order valence-electron chi connectivity index (χ4n) is 2.57. The third-order valence-corrected chi connectivity index (χ3v) is 3.50. The summed E-state index contributed by atoms with van der Waals surface area (Å²) in [5, 5.41) is 0. The van der Waals surface area contributed by atoms with Gasteiger partial charge in [0.1, 0.15) is 18.3 Å². The Morgan fingerprint density at radius 3 is 2.89 bits per heavy atom.